The lowest BCUT2D eigenvalue weighted by atomic mass is 10.1. The molecular formula is C21H19ClO5. The molecule has 0 aliphatic carbocycles. The lowest BCUT2D eigenvalue weighted by molar-refractivity contribution is -0.150. The first-order valence-electron chi connectivity index (χ1n) is 8.57. The highest BCUT2D eigenvalue weighted by Gasteiger charge is 2.23. The SMILES string of the molecule is CCOC(=O)C(C)Oc1c(-c2ccc(Cl)cc2)oc2cc(C)ccc2c1=O. The highest BCUT2D eigenvalue weighted by Crippen LogP contribution is 2.32. The van der Waals surface area contributed by atoms with Gasteiger partial charge in [-0.25, -0.2) is 4.79 Å². The van der Waals surface area contributed by atoms with Crippen molar-refractivity contribution in [3.8, 4) is 17.1 Å². The molecule has 0 radical (unpaired) electrons. The lowest BCUT2D eigenvalue weighted by Crippen LogP contribution is -2.28. The van der Waals surface area contributed by atoms with E-state index in [2.05, 4.69) is 0 Å². The number of carbonyl (C=O) groups excluding carboxylic acids is 1. The Morgan fingerprint density at radius 2 is 1.89 bits per heavy atom. The summed E-state index contributed by atoms with van der Waals surface area (Å²) >= 11 is 5.96. The van der Waals surface area contributed by atoms with Gasteiger partial charge in [0.15, 0.2) is 11.9 Å². The van der Waals surface area contributed by atoms with Gasteiger partial charge in [-0.2, -0.15) is 0 Å². The Bertz CT molecular complexity index is 1040. The predicted octanol–water partition coefficient (Wildman–Crippen LogP) is 4.75. The van der Waals surface area contributed by atoms with Gasteiger partial charge in [-0.15, -0.1) is 0 Å². The Hall–Kier alpha value is -2.79. The molecular weight excluding hydrogens is 368 g/mol. The van der Waals surface area contributed by atoms with Crippen LogP contribution in [0.15, 0.2) is 51.7 Å². The summed E-state index contributed by atoms with van der Waals surface area (Å²) in [5, 5.41) is 0.935. The molecule has 27 heavy (non-hydrogen) atoms. The summed E-state index contributed by atoms with van der Waals surface area (Å²) in [6.07, 6.45) is -0.957. The molecule has 0 aliphatic heterocycles. The van der Waals surface area contributed by atoms with Gasteiger partial charge in [0.25, 0.3) is 0 Å². The Balaban J connectivity index is 2.19. The third-order valence-corrected chi connectivity index (χ3v) is 4.28. The van der Waals surface area contributed by atoms with Crippen molar-refractivity contribution in [2.45, 2.75) is 26.9 Å². The molecule has 0 N–H and O–H groups in total. The van der Waals surface area contributed by atoms with Crippen LogP contribution in [0, 0.1) is 6.92 Å². The van der Waals surface area contributed by atoms with E-state index in [1.165, 1.54) is 6.92 Å². The Morgan fingerprint density at radius 1 is 1.19 bits per heavy atom. The Labute approximate surface area is 161 Å². The van der Waals surface area contributed by atoms with Crippen LogP contribution in [0.25, 0.3) is 22.3 Å². The molecule has 140 valence electrons. The number of hydrogen-bond acceptors (Lipinski definition) is 5. The molecule has 5 nitrogen and oxygen atoms in total. The number of rotatable bonds is 5. The zero-order valence-electron chi connectivity index (χ0n) is 15.2. The van der Waals surface area contributed by atoms with Gasteiger partial charge in [-0.05, 0) is 62.7 Å². The van der Waals surface area contributed by atoms with Crippen LogP contribution in [0.3, 0.4) is 0 Å². The van der Waals surface area contributed by atoms with Crippen LogP contribution in [0.1, 0.15) is 19.4 Å². The molecule has 1 atom stereocenters. The average Bonchev–Trinajstić information content (AvgIpc) is 2.64. The molecule has 0 amide bonds. The average molecular weight is 387 g/mol. The fraction of sp³-hybridized carbons (Fsp3) is 0.238. The van der Waals surface area contributed by atoms with E-state index in [1.807, 2.05) is 13.0 Å². The second-order valence-corrected chi connectivity index (χ2v) is 6.54. The number of ether oxygens (including phenoxy) is 2. The number of benzene rings is 2. The number of hydrogen-bond donors (Lipinski definition) is 0. The molecule has 1 aromatic heterocycles. The maximum Gasteiger partial charge on any atom is 0.347 e. The van der Waals surface area contributed by atoms with Gasteiger partial charge < -0.3 is 13.9 Å². The van der Waals surface area contributed by atoms with Gasteiger partial charge in [0.2, 0.25) is 11.2 Å². The highest BCUT2D eigenvalue weighted by atomic mass is 35.5. The lowest BCUT2D eigenvalue weighted by Gasteiger charge is -2.16. The first-order valence-corrected chi connectivity index (χ1v) is 8.95. The summed E-state index contributed by atoms with van der Waals surface area (Å²) in [5.41, 5.74) is 1.67. The van der Waals surface area contributed by atoms with Crippen LogP contribution in [-0.2, 0) is 9.53 Å². The van der Waals surface area contributed by atoms with Crippen molar-refractivity contribution in [3.05, 3.63) is 63.3 Å². The Morgan fingerprint density at radius 3 is 2.56 bits per heavy atom. The van der Waals surface area contributed by atoms with Gasteiger partial charge >= 0.3 is 5.97 Å². The number of carbonyl (C=O) groups is 1. The van der Waals surface area contributed by atoms with Crippen LogP contribution in [0.2, 0.25) is 5.02 Å². The van der Waals surface area contributed by atoms with Crippen LogP contribution in [0.4, 0.5) is 0 Å². The van der Waals surface area contributed by atoms with Crippen LogP contribution in [0.5, 0.6) is 5.75 Å². The van der Waals surface area contributed by atoms with Crippen molar-refractivity contribution in [3.63, 3.8) is 0 Å². The molecule has 0 bridgehead atoms. The standard InChI is InChI=1S/C21H19ClO5/c1-4-25-21(24)13(3)26-20-18(23)16-10-5-12(2)11-17(16)27-19(20)14-6-8-15(22)9-7-14/h5-11,13H,4H2,1-3H3. The molecule has 3 rings (SSSR count). The van der Waals surface area contributed by atoms with E-state index in [4.69, 9.17) is 25.5 Å². The summed E-state index contributed by atoms with van der Waals surface area (Å²) < 4.78 is 16.7. The predicted molar refractivity (Wildman–Crippen MR) is 104 cm³/mol. The van der Waals surface area contributed by atoms with E-state index >= 15 is 0 Å². The minimum absolute atomic E-state index is 0.0331. The van der Waals surface area contributed by atoms with Crippen molar-refractivity contribution in [1.82, 2.24) is 0 Å². The third-order valence-electron chi connectivity index (χ3n) is 4.03. The zero-order valence-corrected chi connectivity index (χ0v) is 16.0. The van der Waals surface area contributed by atoms with E-state index in [0.717, 1.165) is 5.56 Å². The molecule has 0 saturated heterocycles. The van der Waals surface area contributed by atoms with Crippen molar-refractivity contribution in [2.24, 2.45) is 0 Å². The molecule has 3 aromatic rings. The van der Waals surface area contributed by atoms with Gasteiger partial charge in [0.1, 0.15) is 5.58 Å². The summed E-state index contributed by atoms with van der Waals surface area (Å²) in [5.74, 6) is -0.344. The van der Waals surface area contributed by atoms with Gasteiger partial charge in [-0.3, -0.25) is 4.79 Å². The molecule has 2 aromatic carbocycles. The number of halogens is 1. The van der Waals surface area contributed by atoms with Crippen LogP contribution < -0.4 is 10.2 Å². The fourth-order valence-electron chi connectivity index (χ4n) is 2.67. The van der Waals surface area contributed by atoms with Crippen molar-refractivity contribution < 1.29 is 18.7 Å². The largest absolute Gasteiger partial charge is 0.471 e. The zero-order chi connectivity index (χ0) is 19.6. The summed E-state index contributed by atoms with van der Waals surface area (Å²) in [6.45, 7) is 5.37. The molecule has 6 heteroatoms. The smallest absolute Gasteiger partial charge is 0.347 e. The van der Waals surface area contributed by atoms with Gasteiger partial charge in [0.05, 0.1) is 12.0 Å². The molecule has 0 fully saturated rings. The summed E-state index contributed by atoms with van der Waals surface area (Å²) in [6, 6.07) is 12.1. The van der Waals surface area contributed by atoms with Crippen molar-refractivity contribution >= 4 is 28.5 Å². The monoisotopic (exact) mass is 386 g/mol. The second kappa shape index (κ2) is 7.84. The summed E-state index contributed by atoms with van der Waals surface area (Å²) in [4.78, 5) is 25.0. The highest BCUT2D eigenvalue weighted by molar-refractivity contribution is 6.30. The quantitative estimate of drug-likeness (QED) is 0.592. The molecule has 1 heterocycles. The third kappa shape index (κ3) is 3.98. The maximum absolute atomic E-state index is 13.1. The van der Waals surface area contributed by atoms with Gasteiger partial charge in [0, 0.05) is 10.6 Å². The minimum atomic E-state index is -0.957. The second-order valence-electron chi connectivity index (χ2n) is 6.11. The van der Waals surface area contributed by atoms with Gasteiger partial charge in [-0.1, -0.05) is 17.7 Å². The minimum Gasteiger partial charge on any atom is -0.471 e. The van der Waals surface area contributed by atoms with Crippen LogP contribution in [-0.4, -0.2) is 18.7 Å². The number of esters is 1. The molecule has 1 unspecified atom stereocenters. The van der Waals surface area contributed by atoms with E-state index in [1.54, 1.807) is 43.3 Å². The molecule has 0 spiro atoms. The van der Waals surface area contributed by atoms with Crippen LogP contribution >= 0.6 is 11.6 Å². The normalized spacial score (nSPS) is 12.0. The van der Waals surface area contributed by atoms with E-state index in [-0.39, 0.29) is 23.5 Å². The number of aryl methyl sites for hydroxylation is 1. The summed E-state index contributed by atoms with van der Waals surface area (Å²) in [7, 11) is 0. The molecule has 0 saturated carbocycles. The van der Waals surface area contributed by atoms with E-state index in [0.29, 0.717) is 21.6 Å². The topological polar surface area (TPSA) is 65.7 Å². The maximum atomic E-state index is 13.1. The first-order chi connectivity index (χ1) is 12.9. The van der Waals surface area contributed by atoms with E-state index in [9.17, 15) is 9.59 Å². The fourth-order valence-corrected chi connectivity index (χ4v) is 2.79. The van der Waals surface area contributed by atoms with E-state index < -0.39 is 12.1 Å². The van der Waals surface area contributed by atoms with Crippen molar-refractivity contribution in [2.75, 3.05) is 6.61 Å². The first kappa shape index (κ1) is 19.0. The molecule has 0 aliphatic rings. The number of fused-ring (bicyclic) bond motifs is 1. The Kier molecular flexibility index (Phi) is 5.51. The van der Waals surface area contributed by atoms with Crippen molar-refractivity contribution in [1.29, 1.82) is 0 Å².